The molecule has 1 unspecified atom stereocenters. The molecule has 4 rings (SSSR count). The fourth-order valence-corrected chi connectivity index (χ4v) is 3.53. The van der Waals surface area contributed by atoms with E-state index in [1.54, 1.807) is 30.3 Å². The van der Waals surface area contributed by atoms with Gasteiger partial charge in [0.15, 0.2) is 0 Å². The zero-order valence-corrected chi connectivity index (χ0v) is 18.1. The van der Waals surface area contributed by atoms with Crippen molar-refractivity contribution >= 4 is 17.0 Å². The van der Waals surface area contributed by atoms with Crippen molar-refractivity contribution in [2.24, 2.45) is 0 Å². The number of nitrogens with zero attached hydrogens (tertiary/aromatic N) is 3. The van der Waals surface area contributed by atoms with Crippen LogP contribution in [-0.4, -0.2) is 28.5 Å². The van der Waals surface area contributed by atoms with Gasteiger partial charge in [-0.1, -0.05) is 36.3 Å². The maximum atomic E-state index is 13.3. The number of hydrogen-bond acceptors (Lipinski definition) is 7. The minimum absolute atomic E-state index is 0.124. The average molecular weight is 477 g/mol. The molecule has 4 aromatic rings. The van der Waals surface area contributed by atoms with Gasteiger partial charge in [0.2, 0.25) is 5.60 Å². The van der Waals surface area contributed by atoms with Crippen molar-refractivity contribution in [2.75, 3.05) is 11.9 Å². The topological polar surface area (TPSA) is 92.6 Å². The smallest absolute Gasteiger partial charge is 0.423 e. The van der Waals surface area contributed by atoms with Crippen molar-refractivity contribution in [1.82, 2.24) is 10.2 Å². The number of rotatable bonds is 6. The molecule has 1 N–H and O–H groups in total. The Kier molecular flexibility index (Phi) is 5.90. The Bertz CT molecular complexity index is 1380. The Morgan fingerprint density at radius 2 is 1.74 bits per heavy atom. The van der Waals surface area contributed by atoms with Crippen LogP contribution in [-0.2, 0) is 12.1 Å². The first-order chi connectivity index (χ1) is 16.0. The third-order valence-electron chi connectivity index (χ3n) is 5.46. The summed E-state index contributed by atoms with van der Waals surface area (Å²) in [6.07, 6.45) is -5.68. The maximum Gasteiger partial charge on any atom is 0.426 e. The van der Waals surface area contributed by atoms with E-state index >= 15 is 0 Å². The SMILES string of the molecule is CCC(O)(c1nnc(N(C)Cc2ccc3c(-c4ccc(F)cc4)cc(=O)oc3c2)o1)C(F)(F)F. The number of alkyl halides is 3. The summed E-state index contributed by atoms with van der Waals surface area (Å²) in [6, 6.07) is 11.8. The summed E-state index contributed by atoms with van der Waals surface area (Å²) >= 11 is 0. The lowest BCUT2D eigenvalue weighted by Crippen LogP contribution is -2.42. The summed E-state index contributed by atoms with van der Waals surface area (Å²) in [4.78, 5) is 13.5. The molecule has 11 heteroatoms. The minimum atomic E-state index is -4.98. The molecule has 0 radical (unpaired) electrons. The molecule has 1 atom stereocenters. The van der Waals surface area contributed by atoms with Crippen molar-refractivity contribution in [2.45, 2.75) is 31.7 Å². The predicted molar refractivity (Wildman–Crippen MR) is 115 cm³/mol. The number of halogens is 4. The number of hydrogen-bond donors (Lipinski definition) is 1. The lowest BCUT2D eigenvalue weighted by Gasteiger charge is -2.25. The molecule has 178 valence electrons. The molecule has 34 heavy (non-hydrogen) atoms. The van der Waals surface area contributed by atoms with Crippen molar-refractivity contribution in [3.8, 4) is 11.1 Å². The zero-order valence-electron chi connectivity index (χ0n) is 18.1. The van der Waals surface area contributed by atoms with Crippen LogP contribution < -0.4 is 10.5 Å². The Labute approximate surface area is 190 Å². The van der Waals surface area contributed by atoms with Gasteiger partial charge in [0.1, 0.15) is 11.4 Å². The molecule has 0 saturated heterocycles. The Morgan fingerprint density at radius 1 is 1.03 bits per heavy atom. The molecular weight excluding hydrogens is 458 g/mol. The van der Waals surface area contributed by atoms with E-state index in [1.807, 2.05) is 0 Å². The zero-order chi connectivity index (χ0) is 24.7. The normalized spacial score (nSPS) is 13.7. The van der Waals surface area contributed by atoms with Crippen LogP contribution >= 0.6 is 0 Å². The fourth-order valence-electron chi connectivity index (χ4n) is 3.53. The van der Waals surface area contributed by atoms with Crippen LogP contribution in [0.2, 0.25) is 0 Å². The minimum Gasteiger partial charge on any atom is -0.423 e. The second-order valence-electron chi connectivity index (χ2n) is 7.77. The summed E-state index contributed by atoms with van der Waals surface area (Å²) in [6.45, 7) is 1.28. The molecule has 0 fully saturated rings. The second-order valence-corrected chi connectivity index (χ2v) is 7.77. The van der Waals surface area contributed by atoms with Crippen LogP contribution in [0.15, 0.2) is 62.2 Å². The Morgan fingerprint density at radius 3 is 2.38 bits per heavy atom. The fraction of sp³-hybridized carbons (Fsp3) is 0.261. The highest BCUT2D eigenvalue weighted by molar-refractivity contribution is 5.93. The summed E-state index contributed by atoms with van der Waals surface area (Å²) < 4.78 is 63.5. The molecule has 0 amide bonds. The van der Waals surface area contributed by atoms with E-state index < -0.39 is 35.5 Å². The Hall–Kier alpha value is -3.73. The van der Waals surface area contributed by atoms with Crippen LogP contribution in [0.3, 0.4) is 0 Å². The van der Waals surface area contributed by atoms with Gasteiger partial charge in [-0.05, 0) is 41.3 Å². The quantitative estimate of drug-likeness (QED) is 0.316. The van der Waals surface area contributed by atoms with E-state index in [-0.39, 0.29) is 18.1 Å². The maximum absolute atomic E-state index is 13.3. The van der Waals surface area contributed by atoms with Crippen LogP contribution in [0.25, 0.3) is 22.1 Å². The summed E-state index contributed by atoms with van der Waals surface area (Å²) in [7, 11) is 1.52. The number of fused-ring (bicyclic) bond motifs is 1. The van der Waals surface area contributed by atoms with E-state index in [9.17, 15) is 27.5 Å². The van der Waals surface area contributed by atoms with E-state index in [1.165, 1.54) is 30.1 Å². The van der Waals surface area contributed by atoms with Gasteiger partial charge < -0.3 is 18.8 Å². The Balaban J connectivity index is 1.63. The summed E-state index contributed by atoms with van der Waals surface area (Å²) in [5, 5.41) is 17.6. The first-order valence-electron chi connectivity index (χ1n) is 10.2. The van der Waals surface area contributed by atoms with E-state index in [2.05, 4.69) is 10.2 Å². The highest BCUT2D eigenvalue weighted by Crippen LogP contribution is 2.41. The molecule has 0 aliphatic rings. The number of aromatic nitrogens is 2. The van der Waals surface area contributed by atoms with Gasteiger partial charge in [-0.2, -0.15) is 13.2 Å². The van der Waals surface area contributed by atoms with Gasteiger partial charge in [0.25, 0.3) is 5.89 Å². The molecule has 2 heterocycles. The van der Waals surface area contributed by atoms with Crippen molar-refractivity contribution < 1.29 is 31.5 Å². The van der Waals surface area contributed by atoms with Gasteiger partial charge in [0, 0.05) is 25.0 Å². The third-order valence-corrected chi connectivity index (χ3v) is 5.46. The van der Waals surface area contributed by atoms with Gasteiger partial charge in [0.05, 0.1) is 0 Å². The third kappa shape index (κ3) is 4.26. The van der Waals surface area contributed by atoms with E-state index in [4.69, 9.17) is 8.83 Å². The van der Waals surface area contributed by atoms with Gasteiger partial charge in [-0.15, -0.1) is 5.10 Å². The lowest BCUT2D eigenvalue weighted by molar-refractivity contribution is -0.275. The molecule has 0 bridgehead atoms. The van der Waals surface area contributed by atoms with Crippen LogP contribution in [0.4, 0.5) is 23.6 Å². The molecule has 7 nitrogen and oxygen atoms in total. The number of anilines is 1. The number of benzene rings is 2. The standard InChI is InChI=1S/C23H19F4N3O4/c1-3-22(32,23(25,26)27)20-28-29-21(34-20)30(2)12-13-4-9-16-17(11-19(31)33-18(16)10-13)14-5-7-15(24)8-6-14/h4-11,32H,3,12H2,1-2H3. The van der Waals surface area contributed by atoms with Crippen molar-refractivity contribution in [1.29, 1.82) is 0 Å². The van der Waals surface area contributed by atoms with Gasteiger partial charge in [-0.25, -0.2) is 9.18 Å². The number of aliphatic hydroxyl groups is 1. The average Bonchev–Trinajstić information content (AvgIpc) is 3.28. The van der Waals surface area contributed by atoms with Crippen LogP contribution in [0, 0.1) is 5.82 Å². The van der Waals surface area contributed by atoms with Crippen molar-refractivity contribution in [3.05, 3.63) is 76.2 Å². The first-order valence-corrected chi connectivity index (χ1v) is 10.2. The van der Waals surface area contributed by atoms with Gasteiger partial charge in [-0.3, -0.25) is 0 Å². The molecule has 2 aromatic heterocycles. The molecule has 0 saturated carbocycles. The monoisotopic (exact) mass is 477 g/mol. The summed E-state index contributed by atoms with van der Waals surface area (Å²) in [5.41, 5.74) is -1.72. The van der Waals surface area contributed by atoms with E-state index in [0.29, 0.717) is 22.1 Å². The van der Waals surface area contributed by atoms with Crippen molar-refractivity contribution in [3.63, 3.8) is 0 Å². The molecule has 2 aromatic carbocycles. The first kappa shape index (κ1) is 23.4. The van der Waals surface area contributed by atoms with Crippen LogP contribution in [0.5, 0.6) is 0 Å². The molecule has 0 aliphatic heterocycles. The van der Waals surface area contributed by atoms with Crippen LogP contribution in [0.1, 0.15) is 24.8 Å². The highest BCUT2D eigenvalue weighted by Gasteiger charge is 2.57. The van der Waals surface area contributed by atoms with E-state index in [0.717, 1.165) is 6.92 Å². The summed E-state index contributed by atoms with van der Waals surface area (Å²) in [5.74, 6) is -1.35. The predicted octanol–water partition coefficient (Wildman–Crippen LogP) is 4.78. The highest BCUT2D eigenvalue weighted by atomic mass is 19.4. The molecule has 0 aliphatic carbocycles. The van der Waals surface area contributed by atoms with Gasteiger partial charge >= 0.3 is 17.8 Å². The second kappa shape index (κ2) is 8.56. The molecular formula is C23H19F4N3O4. The molecule has 0 spiro atoms. The lowest BCUT2D eigenvalue weighted by atomic mass is 10.0. The largest absolute Gasteiger partial charge is 0.426 e.